The first kappa shape index (κ1) is 22.7. The lowest BCUT2D eigenvalue weighted by Crippen LogP contribution is -2.40. The maximum absolute atomic E-state index is 14.4. The third-order valence-corrected chi connectivity index (χ3v) is 6.24. The van der Waals surface area contributed by atoms with Crippen LogP contribution in [0.2, 0.25) is 0 Å². The number of anilines is 1. The van der Waals surface area contributed by atoms with Gasteiger partial charge in [0.05, 0.1) is 30.6 Å². The summed E-state index contributed by atoms with van der Waals surface area (Å²) >= 11 is 0. The average molecular weight is 458 g/mol. The van der Waals surface area contributed by atoms with Gasteiger partial charge in [0, 0.05) is 44.6 Å². The number of amides is 3. The molecule has 174 valence electrons. The zero-order chi connectivity index (χ0) is 23.9. The minimum atomic E-state index is -1.13. The molecule has 1 aromatic heterocycles. The van der Waals surface area contributed by atoms with Crippen LogP contribution in [0.15, 0.2) is 12.1 Å². The quantitative estimate of drug-likeness (QED) is 0.692. The molecule has 2 aliphatic heterocycles. The highest BCUT2D eigenvalue weighted by atomic mass is 19.1. The van der Waals surface area contributed by atoms with E-state index in [4.69, 9.17) is 6.57 Å². The Labute approximate surface area is 189 Å². The highest BCUT2D eigenvalue weighted by Gasteiger charge is 2.36. The van der Waals surface area contributed by atoms with Crippen LogP contribution in [0.25, 0.3) is 4.85 Å². The number of aromatic nitrogens is 2. The lowest BCUT2D eigenvalue weighted by molar-refractivity contribution is 0.0626. The SMILES string of the molecule is [C-]#[N+]c1c(F)ccc(NC(=O)N2CCc3nn4c(c3C2)C(=O)N(C)C[C@@H]([C@@H](O)CC)C4)c1F. The van der Waals surface area contributed by atoms with Gasteiger partial charge in [-0.1, -0.05) is 6.92 Å². The summed E-state index contributed by atoms with van der Waals surface area (Å²) in [6.07, 6.45) is 0.396. The summed E-state index contributed by atoms with van der Waals surface area (Å²) in [5.74, 6) is -2.53. The molecular formula is C22H24F2N6O3. The molecule has 3 amide bonds. The number of carbonyl (C=O) groups is 2. The third kappa shape index (κ3) is 4.02. The Kier molecular flexibility index (Phi) is 6.03. The molecule has 0 spiro atoms. The van der Waals surface area contributed by atoms with Gasteiger partial charge >= 0.3 is 6.03 Å². The summed E-state index contributed by atoms with van der Waals surface area (Å²) in [5, 5.41) is 17.3. The van der Waals surface area contributed by atoms with E-state index in [1.165, 1.54) is 4.90 Å². The topological polar surface area (TPSA) is 95.1 Å². The van der Waals surface area contributed by atoms with Crippen LogP contribution in [0, 0.1) is 24.1 Å². The van der Waals surface area contributed by atoms with Crippen LogP contribution in [-0.4, -0.2) is 62.9 Å². The molecular weight excluding hydrogens is 434 g/mol. The zero-order valence-corrected chi connectivity index (χ0v) is 18.3. The number of halogens is 2. The lowest BCUT2D eigenvalue weighted by Gasteiger charge is -2.28. The van der Waals surface area contributed by atoms with E-state index in [0.29, 0.717) is 49.4 Å². The van der Waals surface area contributed by atoms with Crippen LogP contribution >= 0.6 is 0 Å². The normalized spacial score (nSPS) is 18.8. The molecule has 1 aromatic carbocycles. The number of hydrogen-bond acceptors (Lipinski definition) is 4. The van der Waals surface area contributed by atoms with Crippen LogP contribution in [-0.2, 0) is 19.5 Å². The number of carbonyl (C=O) groups excluding carboxylic acids is 2. The fourth-order valence-corrected chi connectivity index (χ4v) is 4.38. The average Bonchev–Trinajstić information content (AvgIpc) is 3.10. The van der Waals surface area contributed by atoms with Crippen LogP contribution in [0.5, 0.6) is 0 Å². The fraction of sp³-hybridized carbons (Fsp3) is 0.455. The fourth-order valence-electron chi connectivity index (χ4n) is 4.38. The second-order valence-corrected chi connectivity index (χ2v) is 8.35. The van der Waals surface area contributed by atoms with E-state index in [-0.39, 0.29) is 24.1 Å². The van der Waals surface area contributed by atoms with Crippen molar-refractivity contribution in [1.82, 2.24) is 19.6 Å². The summed E-state index contributed by atoms with van der Waals surface area (Å²) in [7, 11) is 1.67. The highest BCUT2D eigenvalue weighted by molar-refractivity contribution is 5.95. The van der Waals surface area contributed by atoms with Crippen LogP contribution in [0.4, 0.5) is 25.0 Å². The van der Waals surface area contributed by atoms with E-state index < -0.39 is 29.5 Å². The molecule has 0 fully saturated rings. The number of fused-ring (bicyclic) bond motifs is 3. The Morgan fingerprint density at radius 2 is 2.15 bits per heavy atom. The van der Waals surface area contributed by atoms with Crippen LogP contribution in [0.3, 0.4) is 0 Å². The number of aliphatic hydroxyl groups is 1. The number of nitrogens with zero attached hydrogens (tertiary/aromatic N) is 5. The number of urea groups is 1. The molecule has 0 aliphatic carbocycles. The summed E-state index contributed by atoms with van der Waals surface area (Å²) in [6.45, 7) is 9.97. The highest BCUT2D eigenvalue weighted by Crippen LogP contribution is 2.30. The van der Waals surface area contributed by atoms with Gasteiger partial charge in [-0.15, -0.1) is 0 Å². The number of aliphatic hydroxyl groups excluding tert-OH is 1. The molecule has 0 unspecified atom stereocenters. The van der Waals surface area contributed by atoms with E-state index in [9.17, 15) is 23.5 Å². The smallest absolute Gasteiger partial charge is 0.322 e. The monoisotopic (exact) mass is 458 g/mol. The van der Waals surface area contributed by atoms with Crippen LogP contribution < -0.4 is 5.32 Å². The molecule has 11 heteroatoms. The molecule has 2 N–H and O–H groups in total. The van der Waals surface area contributed by atoms with Crippen molar-refractivity contribution >= 4 is 23.3 Å². The molecule has 9 nitrogen and oxygen atoms in total. The van der Waals surface area contributed by atoms with Crippen molar-refractivity contribution in [3.8, 4) is 0 Å². The summed E-state index contributed by atoms with van der Waals surface area (Å²) < 4.78 is 29.6. The number of rotatable bonds is 3. The molecule has 0 saturated heterocycles. The molecule has 2 atom stereocenters. The van der Waals surface area contributed by atoms with Crippen molar-refractivity contribution in [2.24, 2.45) is 5.92 Å². The molecule has 33 heavy (non-hydrogen) atoms. The maximum Gasteiger partial charge on any atom is 0.322 e. The van der Waals surface area contributed by atoms with Crippen molar-refractivity contribution < 1.29 is 23.5 Å². The van der Waals surface area contributed by atoms with Crippen molar-refractivity contribution in [1.29, 1.82) is 0 Å². The van der Waals surface area contributed by atoms with E-state index in [1.54, 1.807) is 16.6 Å². The zero-order valence-electron chi connectivity index (χ0n) is 18.3. The van der Waals surface area contributed by atoms with Gasteiger partial charge in [0.15, 0.2) is 5.82 Å². The van der Waals surface area contributed by atoms with Gasteiger partial charge in [-0.3, -0.25) is 9.48 Å². The molecule has 0 saturated carbocycles. The van der Waals surface area contributed by atoms with Gasteiger partial charge in [0.1, 0.15) is 11.5 Å². The van der Waals surface area contributed by atoms with E-state index >= 15 is 0 Å². The number of benzene rings is 1. The van der Waals surface area contributed by atoms with Crippen molar-refractivity contribution in [3.05, 3.63) is 52.1 Å². The summed E-state index contributed by atoms with van der Waals surface area (Å²) in [4.78, 5) is 31.7. The Balaban J connectivity index is 1.59. The van der Waals surface area contributed by atoms with E-state index in [1.807, 2.05) is 6.92 Å². The minimum Gasteiger partial charge on any atom is -0.393 e. The van der Waals surface area contributed by atoms with E-state index in [0.717, 1.165) is 12.1 Å². The Bertz CT molecular complexity index is 1160. The molecule has 0 radical (unpaired) electrons. The lowest BCUT2D eigenvalue weighted by atomic mass is 10.0. The maximum atomic E-state index is 14.4. The number of nitrogens with one attached hydrogen (secondary N) is 1. The third-order valence-electron chi connectivity index (χ3n) is 6.24. The number of hydrogen-bond donors (Lipinski definition) is 2. The summed E-state index contributed by atoms with van der Waals surface area (Å²) in [5.41, 5.74) is 0.651. The minimum absolute atomic E-state index is 0.0928. The van der Waals surface area contributed by atoms with E-state index in [2.05, 4.69) is 15.3 Å². The standard InChI is InChI=1S/C22H24F2N6O3/c1-4-17(31)12-9-28(3)21(32)20-13-11-29(8-7-15(13)27-30(20)10-12)22(33)26-16-6-5-14(23)19(25-2)18(16)24/h5-6,12,17,31H,4,7-11H2,1,3H3,(H,26,33)/t12-,17+/m1/s1. The second-order valence-electron chi connectivity index (χ2n) is 8.35. The van der Waals surface area contributed by atoms with Gasteiger partial charge in [-0.05, 0) is 18.6 Å². The van der Waals surface area contributed by atoms with Gasteiger partial charge in [0.25, 0.3) is 11.6 Å². The molecule has 0 bridgehead atoms. The predicted octanol–water partition coefficient (Wildman–Crippen LogP) is 2.77. The van der Waals surface area contributed by atoms with Crippen molar-refractivity contribution in [2.45, 2.75) is 39.0 Å². The predicted molar refractivity (Wildman–Crippen MR) is 115 cm³/mol. The Hall–Kier alpha value is -3.52. The molecule has 2 aromatic rings. The van der Waals surface area contributed by atoms with Gasteiger partial charge < -0.3 is 20.2 Å². The largest absolute Gasteiger partial charge is 0.393 e. The molecule has 3 heterocycles. The van der Waals surface area contributed by atoms with Gasteiger partial charge in [-0.25, -0.2) is 18.4 Å². The van der Waals surface area contributed by atoms with Crippen LogP contribution in [0.1, 0.15) is 35.1 Å². The first-order valence-corrected chi connectivity index (χ1v) is 10.7. The summed E-state index contributed by atoms with van der Waals surface area (Å²) in [6, 6.07) is 1.36. The molecule has 2 aliphatic rings. The van der Waals surface area contributed by atoms with Crippen molar-refractivity contribution in [3.63, 3.8) is 0 Å². The van der Waals surface area contributed by atoms with Crippen molar-refractivity contribution in [2.75, 3.05) is 25.5 Å². The van der Waals surface area contributed by atoms with Gasteiger partial charge in [0.2, 0.25) is 0 Å². The first-order chi connectivity index (χ1) is 15.7. The first-order valence-electron chi connectivity index (χ1n) is 10.7. The second kappa shape index (κ2) is 8.78. The van der Waals surface area contributed by atoms with Gasteiger partial charge in [-0.2, -0.15) is 5.10 Å². The molecule has 4 rings (SSSR count). The Morgan fingerprint density at radius 1 is 1.39 bits per heavy atom. The Morgan fingerprint density at radius 3 is 2.85 bits per heavy atom.